The number of carbonyl (C=O) groups is 2. The molecule has 1 aromatic carbocycles. The number of ether oxygens (including phenoxy) is 1. The lowest BCUT2D eigenvalue weighted by atomic mass is 10.1. The summed E-state index contributed by atoms with van der Waals surface area (Å²) in [7, 11) is -3.56. The van der Waals surface area contributed by atoms with Crippen LogP contribution >= 0.6 is 0 Å². The van der Waals surface area contributed by atoms with Gasteiger partial charge < -0.3 is 14.5 Å². The van der Waals surface area contributed by atoms with Crippen LogP contribution in [0.3, 0.4) is 0 Å². The van der Waals surface area contributed by atoms with Crippen molar-refractivity contribution in [2.75, 3.05) is 45.9 Å². The lowest BCUT2D eigenvalue weighted by molar-refractivity contribution is -0.142. The van der Waals surface area contributed by atoms with Gasteiger partial charge in [0.25, 0.3) is 11.8 Å². The fraction of sp³-hybridized carbons (Fsp3) is 0.600. The highest BCUT2D eigenvalue weighted by Crippen LogP contribution is 2.22. The molecule has 1 atom stereocenters. The number of rotatable bonds is 4. The Morgan fingerprint density at radius 3 is 2.28 bits per heavy atom. The minimum atomic E-state index is -3.56. The number of benzene rings is 1. The molecule has 0 spiro atoms. The van der Waals surface area contributed by atoms with Gasteiger partial charge in [-0.3, -0.25) is 9.59 Å². The van der Waals surface area contributed by atoms with Crippen molar-refractivity contribution in [1.82, 2.24) is 14.1 Å². The Morgan fingerprint density at radius 1 is 0.931 bits per heavy atom. The lowest BCUT2D eigenvalue weighted by Crippen LogP contribution is -2.52. The molecule has 3 heterocycles. The van der Waals surface area contributed by atoms with E-state index in [1.54, 1.807) is 28.0 Å². The molecule has 9 heteroatoms. The molecule has 0 bridgehead atoms. The maximum atomic E-state index is 12.9. The summed E-state index contributed by atoms with van der Waals surface area (Å²) in [5.74, 6) is -0.194. The molecule has 3 aliphatic heterocycles. The topological polar surface area (TPSA) is 87.2 Å². The number of carbonyl (C=O) groups excluding carboxylic acids is 2. The van der Waals surface area contributed by atoms with Gasteiger partial charge in [-0.15, -0.1) is 0 Å². The fourth-order valence-corrected chi connectivity index (χ4v) is 5.72. The van der Waals surface area contributed by atoms with Gasteiger partial charge in [-0.25, -0.2) is 8.42 Å². The molecule has 3 fully saturated rings. The highest BCUT2D eigenvalue weighted by Gasteiger charge is 2.32. The molecule has 8 nitrogen and oxygen atoms in total. The summed E-state index contributed by atoms with van der Waals surface area (Å²) >= 11 is 0. The molecule has 0 N–H and O–H groups in total. The van der Waals surface area contributed by atoms with Crippen LogP contribution in [0, 0.1) is 0 Å². The summed E-state index contributed by atoms with van der Waals surface area (Å²) in [4.78, 5) is 29.0. The average Bonchev–Trinajstić information content (AvgIpc) is 3.47. The molecule has 0 saturated carbocycles. The number of sulfonamides is 1. The fourth-order valence-electron chi connectivity index (χ4n) is 4.16. The normalized spacial score (nSPS) is 23.5. The SMILES string of the molecule is O=C(c1cccc(S(=O)(=O)N2CCCC2)c1)N1CCN(C(=O)C2CCCO2)CC1. The Hall–Kier alpha value is -1.97. The van der Waals surface area contributed by atoms with Crippen molar-refractivity contribution in [3.05, 3.63) is 29.8 Å². The standard InChI is InChI=1S/C20H27N3O5S/c24-19(21-10-12-22(13-11-21)20(25)18-7-4-14-28-18)16-5-3-6-17(15-16)29(26,27)23-8-1-2-9-23/h3,5-6,15,18H,1-2,4,7-14H2. The molecular formula is C20H27N3O5S. The second-order valence-electron chi connectivity index (χ2n) is 7.76. The summed E-state index contributed by atoms with van der Waals surface area (Å²) in [6.07, 6.45) is 3.06. The molecule has 2 amide bonds. The van der Waals surface area contributed by atoms with E-state index in [1.165, 1.54) is 10.4 Å². The number of hydrogen-bond donors (Lipinski definition) is 0. The van der Waals surface area contributed by atoms with Crippen LogP contribution < -0.4 is 0 Å². The van der Waals surface area contributed by atoms with Gasteiger partial charge in [-0.05, 0) is 43.9 Å². The lowest BCUT2D eigenvalue weighted by Gasteiger charge is -2.35. The van der Waals surface area contributed by atoms with E-state index in [0.29, 0.717) is 51.4 Å². The van der Waals surface area contributed by atoms with Gasteiger partial charge in [0.15, 0.2) is 0 Å². The van der Waals surface area contributed by atoms with Crippen LogP contribution in [0.1, 0.15) is 36.0 Å². The molecule has 4 rings (SSSR count). The first-order valence-corrected chi connectivity index (χ1v) is 11.7. The van der Waals surface area contributed by atoms with Crippen LogP contribution in [0.2, 0.25) is 0 Å². The van der Waals surface area contributed by atoms with Crippen molar-refractivity contribution in [1.29, 1.82) is 0 Å². The first kappa shape index (κ1) is 20.3. The van der Waals surface area contributed by atoms with Gasteiger partial charge in [-0.2, -0.15) is 4.31 Å². The van der Waals surface area contributed by atoms with E-state index in [0.717, 1.165) is 25.7 Å². The highest BCUT2D eigenvalue weighted by molar-refractivity contribution is 7.89. The van der Waals surface area contributed by atoms with Crippen molar-refractivity contribution in [2.45, 2.75) is 36.7 Å². The van der Waals surface area contributed by atoms with Crippen LogP contribution in [0.25, 0.3) is 0 Å². The maximum absolute atomic E-state index is 12.9. The predicted molar refractivity (Wildman–Crippen MR) is 106 cm³/mol. The molecule has 0 radical (unpaired) electrons. The first-order valence-electron chi connectivity index (χ1n) is 10.3. The third kappa shape index (κ3) is 4.17. The molecule has 158 valence electrons. The van der Waals surface area contributed by atoms with Crippen molar-refractivity contribution in [2.24, 2.45) is 0 Å². The molecule has 1 unspecified atom stereocenters. The Morgan fingerprint density at radius 2 is 1.62 bits per heavy atom. The molecule has 29 heavy (non-hydrogen) atoms. The van der Waals surface area contributed by atoms with Gasteiger partial charge in [0.05, 0.1) is 4.90 Å². The van der Waals surface area contributed by atoms with E-state index in [-0.39, 0.29) is 22.8 Å². The van der Waals surface area contributed by atoms with Crippen molar-refractivity contribution < 1.29 is 22.7 Å². The number of piperazine rings is 1. The molecule has 3 aliphatic rings. The highest BCUT2D eigenvalue weighted by atomic mass is 32.2. The van der Waals surface area contributed by atoms with E-state index >= 15 is 0 Å². The van der Waals surface area contributed by atoms with Crippen LogP contribution in [-0.2, 0) is 19.6 Å². The minimum absolute atomic E-state index is 0.00769. The van der Waals surface area contributed by atoms with Gasteiger partial charge in [0, 0.05) is 51.4 Å². The van der Waals surface area contributed by atoms with Gasteiger partial charge in [-0.1, -0.05) is 6.07 Å². The third-order valence-electron chi connectivity index (χ3n) is 5.87. The Balaban J connectivity index is 1.41. The van der Waals surface area contributed by atoms with Crippen LogP contribution in [-0.4, -0.2) is 86.3 Å². The predicted octanol–water partition coefficient (Wildman–Crippen LogP) is 0.934. The maximum Gasteiger partial charge on any atom is 0.254 e. The molecule has 0 aromatic heterocycles. The van der Waals surface area contributed by atoms with E-state index in [2.05, 4.69) is 0 Å². The zero-order chi connectivity index (χ0) is 20.4. The van der Waals surface area contributed by atoms with Crippen LogP contribution in [0.15, 0.2) is 29.2 Å². The van der Waals surface area contributed by atoms with Crippen molar-refractivity contribution in [3.63, 3.8) is 0 Å². The van der Waals surface area contributed by atoms with Crippen LogP contribution in [0.5, 0.6) is 0 Å². The minimum Gasteiger partial charge on any atom is -0.368 e. The Kier molecular flexibility index (Phi) is 5.89. The van der Waals surface area contributed by atoms with Crippen LogP contribution in [0.4, 0.5) is 0 Å². The van der Waals surface area contributed by atoms with E-state index < -0.39 is 10.0 Å². The monoisotopic (exact) mass is 421 g/mol. The smallest absolute Gasteiger partial charge is 0.254 e. The molecular weight excluding hydrogens is 394 g/mol. The first-order chi connectivity index (χ1) is 14.0. The number of hydrogen-bond acceptors (Lipinski definition) is 5. The van der Waals surface area contributed by atoms with Crippen molar-refractivity contribution in [3.8, 4) is 0 Å². The summed E-state index contributed by atoms with van der Waals surface area (Å²) in [5, 5.41) is 0. The molecule has 1 aromatic rings. The van der Waals surface area contributed by atoms with Gasteiger partial charge >= 0.3 is 0 Å². The second kappa shape index (κ2) is 8.41. The molecule has 3 saturated heterocycles. The largest absolute Gasteiger partial charge is 0.368 e. The zero-order valence-electron chi connectivity index (χ0n) is 16.5. The quantitative estimate of drug-likeness (QED) is 0.722. The van der Waals surface area contributed by atoms with Crippen molar-refractivity contribution >= 4 is 21.8 Å². The number of amides is 2. The summed E-state index contributed by atoms with van der Waals surface area (Å²) in [6, 6.07) is 6.28. The summed E-state index contributed by atoms with van der Waals surface area (Å²) in [6.45, 7) is 3.49. The second-order valence-corrected chi connectivity index (χ2v) is 9.70. The van der Waals surface area contributed by atoms with E-state index in [9.17, 15) is 18.0 Å². The Bertz CT molecular complexity index is 868. The zero-order valence-corrected chi connectivity index (χ0v) is 17.3. The van der Waals surface area contributed by atoms with Gasteiger partial charge in [0.2, 0.25) is 10.0 Å². The van der Waals surface area contributed by atoms with E-state index in [1.807, 2.05) is 0 Å². The Labute approximate surface area is 171 Å². The number of nitrogens with zero attached hydrogens (tertiary/aromatic N) is 3. The van der Waals surface area contributed by atoms with E-state index in [4.69, 9.17) is 4.74 Å². The summed E-state index contributed by atoms with van der Waals surface area (Å²) < 4.78 is 32.5. The average molecular weight is 422 g/mol. The third-order valence-corrected chi connectivity index (χ3v) is 7.76. The summed E-state index contributed by atoms with van der Waals surface area (Å²) in [5.41, 5.74) is 0.365. The molecule has 0 aliphatic carbocycles. The van der Waals surface area contributed by atoms with Gasteiger partial charge in [0.1, 0.15) is 6.10 Å².